The number of carboxylic acid groups (broad SMARTS) is 2. The first kappa shape index (κ1) is 24.9. The summed E-state index contributed by atoms with van der Waals surface area (Å²) in [5.74, 6) is -5.79. The number of aromatic nitrogens is 1. The van der Waals surface area contributed by atoms with Crippen LogP contribution in [-0.2, 0) is 19.2 Å². The number of carbonyl (C=O) groups is 4. The lowest BCUT2D eigenvalue weighted by molar-refractivity contribution is -0.150. The molecule has 5 N–H and O–H groups in total. The van der Waals surface area contributed by atoms with E-state index in [0.29, 0.717) is 11.8 Å². The second-order valence-corrected chi connectivity index (χ2v) is 9.69. The summed E-state index contributed by atoms with van der Waals surface area (Å²) >= 11 is 2.33. The Hall–Kier alpha value is -2.72. The van der Waals surface area contributed by atoms with E-state index in [-0.39, 0.29) is 27.1 Å². The van der Waals surface area contributed by atoms with Crippen LogP contribution in [0.25, 0.3) is 5.57 Å². The summed E-state index contributed by atoms with van der Waals surface area (Å²) in [4.78, 5) is 52.7. The lowest BCUT2D eigenvalue weighted by atomic mass is 10.0. The van der Waals surface area contributed by atoms with Gasteiger partial charge in [-0.3, -0.25) is 19.3 Å². The Kier molecular flexibility index (Phi) is 7.28. The molecule has 0 radical (unpaired) electrons. The number of alkyl halides is 3. The minimum atomic E-state index is -4.52. The molecule has 1 aromatic rings. The SMILES string of the molecule is Nc1nc(C(=CCC(=O)O)C(=O)N[C@@H]2C(=O)N3C(C(=O)O)=C(SCC(F)(F)F)CS[C@@H]23)cs1. The summed E-state index contributed by atoms with van der Waals surface area (Å²) in [5, 5.41) is 21.6. The van der Waals surface area contributed by atoms with Gasteiger partial charge in [0, 0.05) is 16.0 Å². The molecule has 0 aromatic carbocycles. The maximum Gasteiger partial charge on any atom is 0.398 e. The topological polar surface area (TPSA) is 163 Å². The van der Waals surface area contributed by atoms with E-state index in [0.717, 1.165) is 34.1 Å². The Balaban J connectivity index is 1.79. The number of β-lactam (4-membered cyclic amide) rings is 1. The number of thioether (sulfide) groups is 2. The van der Waals surface area contributed by atoms with E-state index in [1.165, 1.54) is 5.38 Å². The first-order valence-electron chi connectivity index (χ1n) is 8.94. The average molecular weight is 525 g/mol. The van der Waals surface area contributed by atoms with Crippen molar-refractivity contribution in [2.75, 3.05) is 17.2 Å². The van der Waals surface area contributed by atoms with Crippen molar-refractivity contribution in [3.8, 4) is 0 Å². The molecule has 16 heteroatoms. The third kappa shape index (κ3) is 5.62. The first-order chi connectivity index (χ1) is 15.4. The number of nitrogen functional groups attached to an aromatic ring is 1. The number of rotatable bonds is 8. The van der Waals surface area contributed by atoms with Gasteiger partial charge in [0.15, 0.2) is 5.13 Å². The van der Waals surface area contributed by atoms with Gasteiger partial charge in [-0.2, -0.15) is 13.2 Å². The maximum atomic E-state index is 12.8. The molecule has 0 aliphatic carbocycles. The van der Waals surface area contributed by atoms with E-state index < -0.39 is 59.2 Å². The van der Waals surface area contributed by atoms with Gasteiger partial charge in [0.2, 0.25) is 0 Å². The van der Waals surface area contributed by atoms with Crippen molar-refractivity contribution >= 4 is 69.3 Å². The quantitative estimate of drug-likeness (QED) is 0.290. The van der Waals surface area contributed by atoms with E-state index in [4.69, 9.17) is 10.8 Å². The lowest BCUT2D eigenvalue weighted by Crippen LogP contribution is -2.70. The molecular formula is C17H15F3N4O6S3. The van der Waals surface area contributed by atoms with Crippen LogP contribution in [-0.4, -0.2) is 72.9 Å². The van der Waals surface area contributed by atoms with Crippen LogP contribution in [0, 0.1) is 0 Å². The number of nitrogens with zero attached hydrogens (tertiary/aromatic N) is 2. The Labute approximate surface area is 196 Å². The Morgan fingerprint density at radius 2 is 2.06 bits per heavy atom. The predicted molar refractivity (Wildman–Crippen MR) is 115 cm³/mol. The average Bonchev–Trinajstić information content (AvgIpc) is 3.14. The second kappa shape index (κ2) is 9.64. The molecule has 10 nitrogen and oxygen atoms in total. The van der Waals surface area contributed by atoms with Crippen LogP contribution in [0.1, 0.15) is 12.1 Å². The van der Waals surface area contributed by atoms with Crippen molar-refractivity contribution in [1.82, 2.24) is 15.2 Å². The highest BCUT2D eigenvalue weighted by Gasteiger charge is 2.54. The van der Waals surface area contributed by atoms with E-state index in [2.05, 4.69) is 10.3 Å². The van der Waals surface area contributed by atoms with Gasteiger partial charge < -0.3 is 21.3 Å². The molecule has 2 amide bonds. The smallest absolute Gasteiger partial charge is 0.398 e. The van der Waals surface area contributed by atoms with Crippen molar-refractivity contribution in [3.05, 3.63) is 27.8 Å². The standard InChI is InChI=1S/C17H15F3N4O6S3/c18-17(19,20)5-33-8-4-31-14-10(13(28)24(14)11(8)15(29)30)23-12(27)6(1-2-9(25)26)7-3-32-16(21)22-7/h1,3,10,14H,2,4-5H2,(H2,21,22)(H,23,27)(H,25,26)(H,29,30)/t10-,14+/m1/s1. The molecule has 0 spiro atoms. The molecule has 1 fully saturated rings. The third-order valence-electron chi connectivity index (χ3n) is 4.36. The minimum Gasteiger partial charge on any atom is -0.481 e. The summed E-state index contributed by atoms with van der Waals surface area (Å²) in [6.45, 7) is 0. The van der Waals surface area contributed by atoms with E-state index >= 15 is 0 Å². The Morgan fingerprint density at radius 1 is 1.36 bits per heavy atom. The Bertz CT molecular complexity index is 1070. The summed E-state index contributed by atoms with van der Waals surface area (Å²) in [6.07, 6.45) is -3.92. The van der Waals surface area contributed by atoms with Gasteiger partial charge >= 0.3 is 18.1 Å². The first-order valence-corrected chi connectivity index (χ1v) is 11.8. The third-order valence-corrected chi connectivity index (χ3v) is 7.65. The monoisotopic (exact) mass is 524 g/mol. The summed E-state index contributed by atoms with van der Waals surface area (Å²) in [7, 11) is 0. The number of hydrogen-bond donors (Lipinski definition) is 4. The van der Waals surface area contributed by atoms with Crippen LogP contribution >= 0.6 is 34.9 Å². The molecule has 1 aromatic heterocycles. The number of carbonyl (C=O) groups excluding carboxylic acids is 2. The fourth-order valence-corrected chi connectivity index (χ4v) is 5.96. The molecule has 3 rings (SSSR count). The van der Waals surface area contributed by atoms with E-state index in [1.807, 2.05) is 0 Å². The number of halogens is 3. The van der Waals surface area contributed by atoms with Crippen molar-refractivity contribution < 1.29 is 42.6 Å². The number of nitrogens with one attached hydrogen (secondary N) is 1. The van der Waals surface area contributed by atoms with E-state index in [1.54, 1.807) is 0 Å². The van der Waals surface area contributed by atoms with Gasteiger partial charge in [-0.25, -0.2) is 9.78 Å². The molecule has 178 valence electrons. The number of nitrogens with two attached hydrogens (primary N) is 1. The number of aliphatic carboxylic acids is 2. The van der Waals surface area contributed by atoms with Crippen LogP contribution in [0.15, 0.2) is 22.1 Å². The molecule has 0 unspecified atom stereocenters. The van der Waals surface area contributed by atoms with Gasteiger partial charge in [0.05, 0.1) is 23.4 Å². The number of carboxylic acids is 2. The predicted octanol–water partition coefficient (Wildman–Crippen LogP) is 1.57. The number of amides is 2. The second-order valence-electron chi connectivity index (χ2n) is 6.63. The van der Waals surface area contributed by atoms with Crippen LogP contribution in [0.4, 0.5) is 18.3 Å². The van der Waals surface area contributed by atoms with E-state index in [9.17, 15) is 37.5 Å². The molecule has 1 saturated heterocycles. The number of anilines is 1. The van der Waals surface area contributed by atoms with Gasteiger partial charge in [-0.05, 0) is 0 Å². The van der Waals surface area contributed by atoms with Crippen LogP contribution in [0.5, 0.6) is 0 Å². The van der Waals surface area contributed by atoms with Gasteiger partial charge in [0.1, 0.15) is 17.1 Å². The molecule has 2 atom stereocenters. The van der Waals surface area contributed by atoms with Gasteiger partial charge in [-0.1, -0.05) is 6.08 Å². The number of thiazole rings is 1. The summed E-state index contributed by atoms with van der Waals surface area (Å²) < 4.78 is 37.7. The zero-order valence-corrected chi connectivity index (χ0v) is 18.7. The Morgan fingerprint density at radius 3 is 2.61 bits per heavy atom. The molecule has 0 bridgehead atoms. The lowest BCUT2D eigenvalue weighted by Gasteiger charge is -2.49. The molecular weight excluding hydrogens is 509 g/mol. The highest BCUT2D eigenvalue weighted by atomic mass is 32.2. The van der Waals surface area contributed by atoms with Gasteiger partial charge in [0.25, 0.3) is 11.8 Å². The van der Waals surface area contributed by atoms with Crippen LogP contribution in [0.2, 0.25) is 0 Å². The zero-order chi connectivity index (χ0) is 24.5. The van der Waals surface area contributed by atoms with Crippen LogP contribution in [0.3, 0.4) is 0 Å². The van der Waals surface area contributed by atoms with Gasteiger partial charge in [-0.15, -0.1) is 34.9 Å². The summed E-state index contributed by atoms with van der Waals surface area (Å²) in [5.41, 5.74) is 4.99. The minimum absolute atomic E-state index is 0.0898. The molecule has 2 aliphatic heterocycles. The largest absolute Gasteiger partial charge is 0.481 e. The number of hydrogen-bond acceptors (Lipinski definition) is 9. The highest BCUT2D eigenvalue weighted by Crippen LogP contribution is 2.44. The number of fused-ring (bicyclic) bond motifs is 1. The van der Waals surface area contributed by atoms with Crippen molar-refractivity contribution in [2.45, 2.75) is 24.0 Å². The molecule has 33 heavy (non-hydrogen) atoms. The maximum absolute atomic E-state index is 12.8. The molecule has 3 heterocycles. The normalized spacial score (nSPS) is 20.9. The van der Waals surface area contributed by atoms with Crippen molar-refractivity contribution in [2.24, 2.45) is 0 Å². The van der Waals surface area contributed by atoms with Crippen molar-refractivity contribution in [1.29, 1.82) is 0 Å². The van der Waals surface area contributed by atoms with Crippen LogP contribution < -0.4 is 11.1 Å². The fourth-order valence-electron chi connectivity index (χ4n) is 3.00. The molecule has 2 aliphatic rings. The fraction of sp³-hybridized carbons (Fsp3) is 0.353. The summed E-state index contributed by atoms with van der Waals surface area (Å²) in [6, 6.07) is -1.16. The molecule has 0 saturated carbocycles. The zero-order valence-electron chi connectivity index (χ0n) is 16.3. The highest BCUT2D eigenvalue weighted by molar-refractivity contribution is 8.06. The van der Waals surface area contributed by atoms with Crippen molar-refractivity contribution in [3.63, 3.8) is 0 Å².